The van der Waals surface area contributed by atoms with Crippen LogP contribution in [0.1, 0.15) is 51.4 Å². The number of carbonyl (C=O) groups is 1. The van der Waals surface area contributed by atoms with Gasteiger partial charge in [-0.05, 0) is 12.8 Å². The summed E-state index contributed by atoms with van der Waals surface area (Å²) in [7, 11) is -8.93. The summed E-state index contributed by atoms with van der Waals surface area (Å²) in [6, 6.07) is 0. The summed E-state index contributed by atoms with van der Waals surface area (Å²) >= 11 is 0. The molecule has 150 valence electrons. The number of ether oxygens (including phenoxy) is 1. The maximum absolute atomic E-state index is 10.7. The summed E-state index contributed by atoms with van der Waals surface area (Å²) < 4.78 is 28.5. The molecule has 0 saturated heterocycles. The molecule has 0 aromatic carbocycles. The minimum Gasteiger partial charge on any atom is -0.463 e. The van der Waals surface area contributed by atoms with E-state index in [0.29, 0.717) is 13.0 Å². The molecule has 25 heavy (non-hydrogen) atoms. The van der Waals surface area contributed by atoms with E-state index in [1.807, 2.05) is 0 Å². The molecular formula is C13H28O10P2. The van der Waals surface area contributed by atoms with Crippen molar-refractivity contribution in [1.29, 1.82) is 0 Å². The Kier molecular flexibility index (Phi) is 16.7. The summed E-state index contributed by atoms with van der Waals surface area (Å²) in [4.78, 5) is 49.2. The van der Waals surface area contributed by atoms with Crippen molar-refractivity contribution in [1.82, 2.24) is 0 Å². The first-order valence-electron chi connectivity index (χ1n) is 7.73. The Balaban J connectivity index is 0. The zero-order valence-corrected chi connectivity index (χ0v) is 15.8. The van der Waals surface area contributed by atoms with Gasteiger partial charge in [0.2, 0.25) is 0 Å². The van der Waals surface area contributed by atoms with Gasteiger partial charge in [-0.25, -0.2) is 13.9 Å². The minimum absolute atomic E-state index is 0.110. The number of esters is 1. The van der Waals surface area contributed by atoms with Crippen LogP contribution in [-0.2, 0) is 23.2 Å². The van der Waals surface area contributed by atoms with Crippen molar-refractivity contribution < 1.29 is 47.7 Å². The molecule has 0 bridgehead atoms. The molecule has 0 rings (SSSR count). The van der Waals surface area contributed by atoms with E-state index in [9.17, 15) is 9.36 Å². The molecule has 0 saturated carbocycles. The molecule has 0 aliphatic heterocycles. The first-order valence-corrected chi connectivity index (χ1v) is 10.8. The van der Waals surface area contributed by atoms with E-state index in [1.54, 1.807) is 0 Å². The van der Waals surface area contributed by atoms with E-state index in [4.69, 9.17) is 33.8 Å². The normalized spacial score (nSPS) is 11.4. The van der Waals surface area contributed by atoms with Crippen LogP contribution in [0.3, 0.4) is 0 Å². The highest BCUT2D eigenvalue weighted by Gasteiger charge is 2.12. The fraction of sp³-hybridized carbons (Fsp3) is 0.769. The quantitative estimate of drug-likeness (QED) is 0.132. The van der Waals surface area contributed by atoms with Crippen molar-refractivity contribution in [3.8, 4) is 0 Å². The average Bonchev–Trinajstić information content (AvgIpc) is 2.45. The summed E-state index contributed by atoms with van der Waals surface area (Å²) in [5.74, 6) is -0.373. The lowest BCUT2D eigenvalue weighted by Gasteiger charge is -2.05. The molecule has 0 heterocycles. The number of unbranched alkanes of at least 4 members (excludes halogenated alkanes) is 7. The van der Waals surface area contributed by atoms with Gasteiger partial charge in [0.25, 0.3) is 0 Å². The van der Waals surface area contributed by atoms with Gasteiger partial charge in [-0.1, -0.05) is 45.1 Å². The molecule has 0 aliphatic carbocycles. The molecule has 0 unspecified atom stereocenters. The van der Waals surface area contributed by atoms with Crippen LogP contribution in [0.4, 0.5) is 0 Å². The van der Waals surface area contributed by atoms with Crippen LogP contribution >= 0.6 is 15.6 Å². The van der Waals surface area contributed by atoms with E-state index in [2.05, 4.69) is 11.1 Å². The first kappa shape index (κ1) is 26.7. The lowest BCUT2D eigenvalue weighted by molar-refractivity contribution is -0.137. The predicted octanol–water partition coefficient (Wildman–Crippen LogP) is 2.02. The maximum atomic E-state index is 10.7. The predicted molar refractivity (Wildman–Crippen MR) is 90.4 cm³/mol. The number of phosphoric acid groups is 2. The SMILES string of the molecule is C=CC(=O)OCCCCCCCCCCOP(=O)(O)O.O=P(O)(O)O. The van der Waals surface area contributed by atoms with Crippen LogP contribution in [0.2, 0.25) is 0 Å². The third-order valence-electron chi connectivity index (χ3n) is 2.71. The van der Waals surface area contributed by atoms with Gasteiger partial charge >= 0.3 is 21.6 Å². The third-order valence-corrected chi connectivity index (χ3v) is 3.23. The Hall–Kier alpha value is -0.570. The van der Waals surface area contributed by atoms with Gasteiger partial charge in [0.05, 0.1) is 13.2 Å². The number of hydrogen-bond acceptors (Lipinski definition) is 5. The minimum atomic E-state index is -4.64. The standard InChI is InChI=1S/C13H25O6P.H3O4P/c1-2-13(14)18-11-9-7-5-3-4-6-8-10-12-19-20(15,16)17;1-5(2,3)4/h2H,1,3-12H2,(H2,15,16,17);(H3,1,2,3,4). The second-order valence-corrected chi connectivity index (χ2v) is 7.30. The van der Waals surface area contributed by atoms with Gasteiger partial charge in [0.15, 0.2) is 0 Å². The summed E-state index contributed by atoms with van der Waals surface area (Å²) in [6.07, 6.45) is 9.01. The largest absolute Gasteiger partial charge is 0.469 e. The molecule has 12 heteroatoms. The highest BCUT2D eigenvalue weighted by atomic mass is 31.2. The fourth-order valence-electron chi connectivity index (χ4n) is 1.68. The number of hydrogen-bond donors (Lipinski definition) is 5. The molecule has 0 atom stereocenters. The molecule has 0 aromatic heterocycles. The van der Waals surface area contributed by atoms with Gasteiger partial charge < -0.3 is 29.2 Å². The first-order chi connectivity index (χ1) is 11.5. The molecule has 0 spiro atoms. The van der Waals surface area contributed by atoms with Crippen LogP contribution in [0.5, 0.6) is 0 Å². The van der Waals surface area contributed by atoms with Crippen LogP contribution in [0.25, 0.3) is 0 Å². The Morgan fingerprint density at radius 1 is 0.800 bits per heavy atom. The third kappa shape index (κ3) is 35.4. The molecule has 0 aliphatic rings. The zero-order chi connectivity index (χ0) is 19.8. The van der Waals surface area contributed by atoms with Crippen molar-refractivity contribution in [3.63, 3.8) is 0 Å². The van der Waals surface area contributed by atoms with Crippen molar-refractivity contribution in [2.45, 2.75) is 51.4 Å². The Morgan fingerprint density at radius 2 is 1.16 bits per heavy atom. The Labute approximate surface area is 147 Å². The van der Waals surface area contributed by atoms with Crippen molar-refractivity contribution in [3.05, 3.63) is 12.7 Å². The number of carbonyl (C=O) groups excluding carboxylic acids is 1. The van der Waals surface area contributed by atoms with Crippen molar-refractivity contribution in [2.24, 2.45) is 0 Å². The molecular weight excluding hydrogens is 378 g/mol. The van der Waals surface area contributed by atoms with E-state index in [1.165, 1.54) is 0 Å². The lowest BCUT2D eigenvalue weighted by atomic mass is 10.1. The summed E-state index contributed by atoms with van der Waals surface area (Å²) in [5.41, 5.74) is 0. The number of phosphoric ester groups is 1. The van der Waals surface area contributed by atoms with Crippen LogP contribution in [0, 0.1) is 0 Å². The summed E-state index contributed by atoms with van der Waals surface area (Å²) in [5, 5.41) is 0. The Morgan fingerprint density at radius 3 is 1.52 bits per heavy atom. The van der Waals surface area contributed by atoms with Gasteiger partial charge in [-0.2, -0.15) is 0 Å². The van der Waals surface area contributed by atoms with E-state index >= 15 is 0 Å². The smallest absolute Gasteiger partial charge is 0.463 e. The molecule has 0 radical (unpaired) electrons. The van der Waals surface area contributed by atoms with Gasteiger partial charge in [0, 0.05) is 6.08 Å². The van der Waals surface area contributed by atoms with E-state index < -0.39 is 15.6 Å². The number of rotatable bonds is 13. The fourth-order valence-corrected chi connectivity index (χ4v) is 2.05. The zero-order valence-electron chi connectivity index (χ0n) is 14.0. The molecule has 0 amide bonds. The van der Waals surface area contributed by atoms with E-state index in [-0.39, 0.29) is 12.6 Å². The molecule has 0 aromatic rings. The second kappa shape index (κ2) is 15.7. The maximum Gasteiger partial charge on any atom is 0.469 e. The van der Waals surface area contributed by atoms with Crippen molar-refractivity contribution >= 4 is 21.6 Å². The van der Waals surface area contributed by atoms with Gasteiger partial charge in [0.1, 0.15) is 0 Å². The Bertz CT molecular complexity index is 434. The van der Waals surface area contributed by atoms with Crippen LogP contribution in [0.15, 0.2) is 12.7 Å². The molecule has 10 nitrogen and oxygen atoms in total. The molecule has 5 N–H and O–H groups in total. The monoisotopic (exact) mass is 406 g/mol. The van der Waals surface area contributed by atoms with Gasteiger partial charge in [-0.15, -0.1) is 0 Å². The molecule has 0 fully saturated rings. The van der Waals surface area contributed by atoms with Gasteiger partial charge in [-0.3, -0.25) is 4.52 Å². The lowest BCUT2D eigenvalue weighted by Crippen LogP contribution is -2.01. The summed E-state index contributed by atoms with van der Waals surface area (Å²) in [6.45, 7) is 3.88. The average molecular weight is 406 g/mol. The van der Waals surface area contributed by atoms with Crippen LogP contribution in [-0.4, -0.2) is 43.7 Å². The van der Waals surface area contributed by atoms with Crippen LogP contribution < -0.4 is 0 Å². The highest BCUT2D eigenvalue weighted by Crippen LogP contribution is 2.35. The van der Waals surface area contributed by atoms with E-state index in [0.717, 1.165) is 51.0 Å². The highest BCUT2D eigenvalue weighted by molar-refractivity contribution is 7.46. The van der Waals surface area contributed by atoms with Crippen molar-refractivity contribution in [2.75, 3.05) is 13.2 Å². The second-order valence-electron chi connectivity index (χ2n) is 5.04. The topological polar surface area (TPSA) is 171 Å².